The van der Waals surface area contributed by atoms with E-state index in [1.54, 1.807) is 19.4 Å². The molecule has 0 amide bonds. The number of aromatic nitrogens is 1. The fraction of sp³-hybridized carbons (Fsp3) is 0.200. The summed E-state index contributed by atoms with van der Waals surface area (Å²) in [5, 5.41) is 8.85. The molecule has 0 bridgehead atoms. The Bertz CT molecular complexity index is 618. The topological polar surface area (TPSA) is 59.4 Å². The van der Waals surface area contributed by atoms with Crippen molar-refractivity contribution < 1.29 is 14.6 Å². The Morgan fingerprint density at radius 3 is 2.53 bits per heavy atom. The van der Waals surface area contributed by atoms with E-state index in [0.29, 0.717) is 0 Å². The number of aryl methyl sites for hydroxylation is 2. The average Bonchev–Trinajstić information content (AvgIpc) is 2.38. The van der Waals surface area contributed by atoms with Crippen molar-refractivity contribution >= 4 is 5.97 Å². The van der Waals surface area contributed by atoms with Gasteiger partial charge in [0.25, 0.3) is 0 Å². The molecule has 1 N–H and O–H groups in total. The van der Waals surface area contributed by atoms with Crippen LogP contribution in [-0.2, 0) is 0 Å². The molecule has 0 unspecified atom stereocenters. The molecule has 0 spiro atoms. The Morgan fingerprint density at radius 2 is 2.00 bits per heavy atom. The molecule has 2 aromatic rings. The molecule has 0 aliphatic heterocycles. The molecule has 0 saturated carbocycles. The number of rotatable bonds is 3. The molecule has 0 aliphatic carbocycles. The van der Waals surface area contributed by atoms with Crippen LogP contribution >= 0.6 is 0 Å². The van der Waals surface area contributed by atoms with Crippen molar-refractivity contribution in [3.63, 3.8) is 0 Å². The molecule has 98 valence electrons. The summed E-state index contributed by atoms with van der Waals surface area (Å²) in [5.74, 6) is -0.262. The van der Waals surface area contributed by atoms with Crippen molar-refractivity contribution in [2.75, 3.05) is 7.11 Å². The van der Waals surface area contributed by atoms with Gasteiger partial charge in [-0.05, 0) is 37.1 Å². The first kappa shape index (κ1) is 13.1. The van der Waals surface area contributed by atoms with Crippen molar-refractivity contribution in [1.29, 1.82) is 0 Å². The van der Waals surface area contributed by atoms with Gasteiger partial charge in [0.2, 0.25) is 0 Å². The van der Waals surface area contributed by atoms with Gasteiger partial charge in [-0.3, -0.25) is 0 Å². The molecule has 1 aromatic heterocycles. The van der Waals surface area contributed by atoms with E-state index >= 15 is 0 Å². The third-order valence-corrected chi connectivity index (χ3v) is 2.93. The van der Waals surface area contributed by atoms with Gasteiger partial charge in [-0.25, -0.2) is 9.78 Å². The van der Waals surface area contributed by atoms with Crippen LogP contribution in [0.15, 0.2) is 30.5 Å². The maximum Gasteiger partial charge on any atom is 0.354 e. The lowest BCUT2D eigenvalue weighted by Gasteiger charge is -2.13. The van der Waals surface area contributed by atoms with Crippen LogP contribution < -0.4 is 4.74 Å². The summed E-state index contributed by atoms with van der Waals surface area (Å²) in [6.07, 6.45) is 1.56. The lowest BCUT2D eigenvalue weighted by molar-refractivity contribution is 0.0690. The first-order chi connectivity index (χ1) is 9.02. The lowest BCUT2D eigenvalue weighted by atomic mass is 9.98. The molecule has 19 heavy (non-hydrogen) atoms. The van der Waals surface area contributed by atoms with Gasteiger partial charge in [0.15, 0.2) is 0 Å². The number of hydrogen-bond acceptors (Lipinski definition) is 3. The smallest absolute Gasteiger partial charge is 0.354 e. The predicted octanol–water partition coefficient (Wildman–Crippen LogP) is 3.07. The summed E-state index contributed by atoms with van der Waals surface area (Å²) in [4.78, 5) is 14.7. The van der Waals surface area contributed by atoms with Gasteiger partial charge in [0.1, 0.15) is 11.4 Å². The van der Waals surface area contributed by atoms with Crippen molar-refractivity contribution in [2.24, 2.45) is 0 Å². The van der Waals surface area contributed by atoms with E-state index in [-0.39, 0.29) is 5.69 Å². The van der Waals surface area contributed by atoms with Gasteiger partial charge in [-0.15, -0.1) is 0 Å². The van der Waals surface area contributed by atoms with Gasteiger partial charge in [-0.2, -0.15) is 0 Å². The van der Waals surface area contributed by atoms with Gasteiger partial charge in [0.05, 0.1) is 7.11 Å². The summed E-state index contributed by atoms with van der Waals surface area (Å²) in [6.45, 7) is 4.00. The summed E-state index contributed by atoms with van der Waals surface area (Å²) in [7, 11) is 1.62. The number of carboxylic acids is 1. The predicted molar refractivity (Wildman–Crippen MR) is 72.7 cm³/mol. The number of carbonyl (C=O) groups is 1. The molecule has 1 aromatic carbocycles. The molecule has 0 radical (unpaired) electrons. The molecule has 4 heteroatoms. The van der Waals surface area contributed by atoms with Gasteiger partial charge in [-0.1, -0.05) is 12.1 Å². The minimum absolute atomic E-state index is 0.0347. The molecule has 0 aliphatic rings. The van der Waals surface area contributed by atoms with E-state index in [2.05, 4.69) is 11.1 Å². The van der Waals surface area contributed by atoms with Crippen LogP contribution in [0.4, 0.5) is 0 Å². The fourth-order valence-corrected chi connectivity index (χ4v) is 2.13. The van der Waals surface area contributed by atoms with Crippen LogP contribution in [-0.4, -0.2) is 23.2 Å². The number of methoxy groups -OCH3 is 1. The largest absolute Gasteiger partial charge is 0.496 e. The number of nitrogens with zero attached hydrogens (tertiary/aromatic N) is 1. The summed E-state index contributed by atoms with van der Waals surface area (Å²) in [5.41, 5.74) is 4.01. The minimum Gasteiger partial charge on any atom is -0.496 e. The van der Waals surface area contributed by atoms with Crippen LogP contribution in [0.3, 0.4) is 0 Å². The van der Waals surface area contributed by atoms with Crippen LogP contribution in [0.2, 0.25) is 0 Å². The highest BCUT2D eigenvalue weighted by molar-refractivity contribution is 5.86. The van der Waals surface area contributed by atoms with Crippen molar-refractivity contribution in [3.05, 3.63) is 47.3 Å². The normalized spacial score (nSPS) is 10.3. The first-order valence-corrected chi connectivity index (χ1v) is 5.88. The summed E-state index contributed by atoms with van der Waals surface area (Å²) >= 11 is 0. The lowest BCUT2D eigenvalue weighted by Crippen LogP contribution is -2.00. The number of aromatic carboxylic acids is 1. The van der Waals surface area contributed by atoms with Crippen molar-refractivity contribution in [3.8, 4) is 16.9 Å². The molecule has 4 nitrogen and oxygen atoms in total. The number of benzene rings is 1. The highest BCUT2D eigenvalue weighted by atomic mass is 16.5. The number of hydrogen-bond donors (Lipinski definition) is 1. The molecule has 0 saturated heterocycles. The maximum atomic E-state index is 10.8. The van der Waals surface area contributed by atoms with Crippen LogP contribution in [0.5, 0.6) is 5.75 Å². The Balaban J connectivity index is 2.55. The zero-order valence-corrected chi connectivity index (χ0v) is 11.1. The number of pyridine rings is 1. The van der Waals surface area contributed by atoms with E-state index in [9.17, 15) is 4.79 Å². The minimum atomic E-state index is -1.03. The van der Waals surface area contributed by atoms with E-state index in [1.165, 1.54) is 6.07 Å². The fourth-order valence-electron chi connectivity index (χ4n) is 2.13. The quantitative estimate of drug-likeness (QED) is 0.918. The van der Waals surface area contributed by atoms with Crippen molar-refractivity contribution in [2.45, 2.75) is 13.8 Å². The Hall–Kier alpha value is -2.36. The third-order valence-electron chi connectivity index (χ3n) is 2.93. The zero-order valence-electron chi connectivity index (χ0n) is 11.1. The SMILES string of the molecule is COc1cc(C)cc(C)c1-c1ccc(C(=O)O)nc1. The van der Waals surface area contributed by atoms with E-state index in [0.717, 1.165) is 28.0 Å². The molecular weight excluding hydrogens is 242 g/mol. The highest BCUT2D eigenvalue weighted by Crippen LogP contribution is 2.33. The highest BCUT2D eigenvalue weighted by Gasteiger charge is 2.12. The number of ether oxygens (including phenoxy) is 1. The monoisotopic (exact) mass is 257 g/mol. The zero-order chi connectivity index (χ0) is 14.0. The Labute approximate surface area is 111 Å². The third kappa shape index (κ3) is 2.57. The maximum absolute atomic E-state index is 10.8. The molecular formula is C15H15NO3. The van der Waals surface area contributed by atoms with Crippen molar-refractivity contribution in [1.82, 2.24) is 4.98 Å². The molecule has 0 atom stereocenters. The number of carboxylic acid groups (broad SMARTS) is 1. The summed E-state index contributed by atoms with van der Waals surface area (Å²) < 4.78 is 5.39. The average molecular weight is 257 g/mol. The van der Waals surface area contributed by atoms with E-state index in [4.69, 9.17) is 9.84 Å². The van der Waals surface area contributed by atoms with Crippen LogP contribution in [0, 0.1) is 13.8 Å². The Kier molecular flexibility index (Phi) is 3.51. The van der Waals surface area contributed by atoms with Crippen LogP contribution in [0.25, 0.3) is 11.1 Å². The summed E-state index contributed by atoms with van der Waals surface area (Å²) in [6, 6.07) is 7.25. The van der Waals surface area contributed by atoms with Crippen LogP contribution in [0.1, 0.15) is 21.6 Å². The standard InChI is InChI=1S/C15H15NO3/c1-9-6-10(2)14(13(7-9)19-3)11-4-5-12(15(17)18)16-8-11/h4-8H,1-3H3,(H,17,18). The molecule has 0 fully saturated rings. The van der Waals surface area contributed by atoms with E-state index < -0.39 is 5.97 Å². The van der Waals surface area contributed by atoms with Gasteiger partial charge in [0, 0.05) is 17.3 Å². The van der Waals surface area contributed by atoms with E-state index in [1.807, 2.05) is 19.9 Å². The van der Waals surface area contributed by atoms with Gasteiger partial charge < -0.3 is 9.84 Å². The second kappa shape index (κ2) is 5.10. The van der Waals surface area contributed by atoms with Gasteiger partial charge >= 0.3 is 5.97 Å². The Morgan fingerprint density at radius 1 is 1.26 bits per heavy atom. The second-order valence-corrected chi connectivity index (χ2v) is 4.40. The second-order valence-electron chi connectivity index (χ2n) is 4.40. The molecule has 2 rings (SSSR count). The molecule has 1 heterocycles. The first-order valence-electron chi connectivity index (χ1n) is 5.88.